The number of aliphatic imine (C=N–C) groups is 1. The normalized spacial score (nSPS) is 29.1. The number of hydrogen-bond donors (Lipinski definition) is 3. The van der Waals surface area contributed by atoms with Crippen LogP contribution < -0.4 is 10.6 Å². The average molecular weight is 470 g/mol. The fourth-order valence-corrected chi connectivity index (χ4v) is 4.25. The molecule has 2 amide bonds. The summed E-state index contributed by atoms with van der Waals surface area (Å²) < 4.78 is 0. The van der Waals surface area contributed by atoms with E-state index in [4.69, 9.17) is 0 Å². The van der Waals surface area contributed by atoms with Crippen LogP contribution in [-0.4, -0.2) is 53.0 Å². The van der Waals surface area contributed by atoms with E-state index in [-0.39, 0.29) is 59.5 Å². The molecule has 1 aromatic rings. The summed E-state index contributed by atoms with van der Waals surface area (Å²) in [4.78, 5) is 30.8. The number of carbonyl (C=O) groups is 2. The minimum absolute atomic E-state index is 0. The maximum atomic E-state index is 12.6. The molecule has 0 aromatic carbocycles. The highest BCUT2D eigenvalue weighted by molar-refractivity contribution is 14.0. The molecule has 8 nitrogen and oxygen atoms in total. The van der Waals surface area contributed by atoms with Crippen molar-refractivity contribution in [1.82, 2.24) is 25.7 Å². The van der Waals surface area contributed by atoms with Gasteiger partial charge in [0.05, 0.1) is 24.1 Å². The zero-order valence-electron chi connectivity index (χ0n) is 14.5. The van der Waals surface area contributed by atoms with Crippen molar-refractivity contribution >= 4 is 41.8 Å². The summed E-state index contributed by atoms with van der Waals surface area (Å²) in [6, 6.07) is 1.88. The van der Waals surface area contributed by atoms with Crippen LogP contribution in [0, 0.1) is 23.7 Å². The number of amides is 2. The number of nitrogens with one attached hydrogen (secondary N) is 3. The third-order valence-electron chi connectivity index (χ3n) is 5.42. The van der Waals surface area contributed by atoms with Crippen LogP contribution in [0.5, 0.6) is 0 Å². The fraction of sp³-hybridized carbons (Fsp3) is 0.529. The molecule has 4 atom stereocenters. The lowest BCUT2D eigenvalue weighted by Gasteiger charge is -2.18. The predicted molar refractivity (Wildman–Crippen MR) is 107 cm³/mol. The Labute approximate surface area is 168 Å². The van der Waals surface area contributed by atoms with Gasteiger partial charge in [0.25, 0.3) is 0 Å². The second-order valence-electron chi connectivity index (χ2n) is 6.76. The Hall–Kier alpha value is -1.91. The maximum absolute atomic E-state index is 12.6. The molecule has 1 saturated heterocycles. The van der Waals surface area contributed by atoms with E-state index in [2.05, 4.69) is 38.0 Å². The fourth-order valence-electron chi connectivity index (χ4n) is 4.25. The molecule has 2 fully saturated rings. The number of hydrogen-bond acceptors (Lipinski definition) is 4. The van der Waals surface area contributed by atoms with Gasteiger partial charge in [-0.25, -0.2) is 0 Å². The molecule has 0 spiro atoms. The van der Waals surface area contributed by atoms with Gasteiger partial charge in [-0.2, -0.15) is 5.10 Å². The lowest BCUT2D eigenvalue weighted by molar-refractivity contribution is -0.140. The van der Waals surface area contributed by atoms with Crippen molar-refractivity contribution in [2.45, 2.75) is 13.0 Å². The number of aromatic nitrogens is 2. The molecule has 3 aliphatic rings. The summed E-state index contributed by atoms with van der Waals surface area (Å²) in [5, 5.41) is 13.1. The average Bonchev–Trinajstić information content (AvgIpc) is 3.38. The van der Waals surface area contributed by atoms with Crippen LogP contribution in [-0.2, 0) is 16.1 Å². The topological polar surface area (TPSA) is 102 Å². The summed E-state index contributed by atoms with van der Waals surface area (Å²) in [7, 11) is 1.68. The lowest BCUT2D eigenvalue weighted by atomic mass is 9.85. The van der Waals surface area contributed by atoms with E-state index in [0.717, 1.165) is 12.1 Å². The molecular weight excluding hydrogens is 447 g/mol. The van der Waals surface area contributed by atoms with Crippen LogP contribution in [0.15, 0.2) is 29.4 Å². The third kappa shape index (κ3) is 3.24. The van der Waals surface area contributed by atoms with Crippen molar-refractivity contribution in [3.8, 4) is 0 Å². The Morgan fingerprint density at radius 1 is 1.27 bits per heavy atom. The Morgan fingerprint density at radius 3 is 2.54 bits per heavy atom. The van der Waals surface area contributed by atoms with Crippen LogP contribution in [0.3, 0.4) is 0 Å². The molecule has 3 N–H and O–H groups in total. The predicted octanol–water partition coefficient (Wildman–Crippen LogP) is 0.500. The molecule has 2 bridgehead atoms. The molecule has 4 unspecified atom stereocenters. The van der Waals surface area contributed by atoms with E-state index in [9.17, 15) is 9.59 Å². The second kappa shape index (κ2) is 7.77. The van der Waals surface area contributed by atoms with E-state index in [1.54, 1.807) is 13.2 Å². The molecule has 1 aromatic heterocycles. The van der Waals surface area contributed by atoms with E-state index in [1.165, 1.54) is 4.90 Å². The molecule has 1 aliphatic heterocycles. The largest absolute Gasteiger partial charge is 0.355 e. The van der Waals surface area contributed by atoms with E-state index >= 15 is 0 Å². The van der Waals surface area contributed by atoms with Crippen LogP contribution in [0.4, 0.5) is 0 Å². The van der Waals surface area contributed by atoms with Crippen molar-refractivity contribution in [3.63, 3.8) is 0 Å². The number of fused-ring (bicyclic) bond motifs is 5. The third-order valence-corrected chi connectivity index (χ3v) is 5.42. The second-order valence-corrected chi connectivity index (χ2v) is 6.76. The SMILES string of the molecule is CN=C(NCCN1C(=O)C2C3C=CC(C3)C2C1=O)NCc1ccn[nH]1.I. The molecule has 4 rings (SSSR count). The first-order chi connectivity index (χ1) is 12.2. The summed E-state index contributed by atoms with van der Waals surface area (Å²) in [5.74, 6) is 0.876. The smallest absolute Gasteiger partial charge is 0.233 e. The van der Waals surface area contributed by atoms with Crippen LogP contribution in [0.1, 0.15) is 12.1 Å². The van der Waals surface area contributed by atoms with Crippen molar-refractivity contribution in [2.24, 2.45) is 28.7 Å². The number of likely N-dealkylation sites (tertiary alicyclic amines) is 1. The van der Waals surface area contributed by atoms with Gasteiger partial charge in [0.1, 0.15) is 0 Å². The molecule has 2 aliphatic carbocycles. The minimum atomic E-state index is -0.125. The number of aromatic amines is 1. The van der Waals surface area contributed by atoms with Gasteiger partial charge >= 0.3 is 0 Å². The molecule has 9 heteroatoms. The van der Waals surface area contributed by atoms with Gasteiger partial charge in [-0.05, 0) is 24.3 Å². The number of imide groups is 1. The Balaban J connectivity index is 0.00000196. The molecule has 2 heterocycles. The zero-order valence-corrected chi connectivity index (χ0v) is 16.8. The lowest BCUT2D eigenvalue weighted by Crippen LogP contribution is -2.43. The number of guanidine groups is 1. The molecular formula is C17H23IN6O2. The molecule has 1 saturated carbocycles. The number of H-pyrrole nitrogens is 1. The minimum Gasteiger partial charge on any atom is -0.355 e. The standard InChI is InChI=1S/C17H22N6O2.HI/c1-18-17(20-9-12-4-5-21-22-12)19-6-7-23-15(24)13-10-2-3-11(8-10)14(13)16(23)25;/h2-5,10-11,13-14H,6-9H2,1H3,(H,21,22)(H2,18,19,20);1H. The molecule has 0 radical (unpaired) electrons. The zero-order chi connectivity index (χ0) is 17.4. The quantitative estimate of drug-likeness (QED) is 0.191. The van der Waals surface area contributed by atoms with Crippen LogP contribution in [0.25, 0.3) is 0 Å². The Morgan fingerprint density at radius 2 is 1.96 bits per heavy atom. The first-order valence-electron chi connectivity index (χ1n) is 8.65. The highest BCUT2D eigenvalue weighted by Crippen LogP contribution is 2.52. The van der Waals surface area contributed by atoms with Gasteiger partial charge in [0.15, 0.2) is 5.96 Å². The number of nitrogens with zero attached hydrogens (tertiary/aromatic N) is 3. The van der Waals surface area contributed by atoms with Gasteiger partial charge in [0.2, 0.25) is 11.8 Å². The highest BCUT2D eigenvalue weighted by atomic mass is 127. The Kier molecular flexibility index (Phi) is 5.64. The highest BCUT2D eigenvalue weighted by Gasteiger charge is 2.58. The summed E-state index contributed by atoms with van der Waals surface area (Å²) in [5.41, 5.74) is 0.948. The first-order valence-corrected chi connectivity index (χ1v) is 8.65. The van der Waals surface area contributed by atoms with Crippen molar-refractivity contribution < 1.29 is 9.59 Å². The number of carbonyl (C=O) groups excluding carboxylic acids is 2. The van der Waals surface area contributed by atoms with Gasteiger partial charge in [-0.15, -0.1) is 24.0 Å². The summed E-state index contributed by atoms with van der Waals surface area (Å²) in [6.45, 7) is 1.41. The summed E-state index contributed by atoms with van der Waals surface area (Å²) >= 11 is 0. The van der Waals surface area contributed by atoms with E-state index in [1.807, 2.05) is 6.07 Å². The first kappa shape index (κ1) is 18.9. The van der Waals surface area contributed by atoms with E-state index in [0.29, 0.717) is 25.6 Å². The van der Waals surface area contributed by atoms with Gasteiger partial charge in [-0.3, -0.25) is 24.6 Å². The number of halogens is 1. The van der Waals surface area contributed by atoms with Crippen molar-refractivity contribution in [3.05, 3.63) is 30.1 Å². The number of rotatable bonds is 5. The molecule has 140 valence electrons. The maximum Gasteiger partial charge on any atom is 0.233 e. The summed E-state index contributed by atoms with van der Waals surface area (Å²) in [6.07, 6.45) is 6.87. The number of allylic oxidation sites excluding steroid dienone is 2. The van der Waals surface area contributed by atoms with Gasteiger partial charge < -0.3 is 10.6 Å². The van der Waals surface area contributed by atoms with E-state index < -0.39 is 0 Å². The van der Waals surface area contributed by atoms with Crippen LogP contribution >= 0.6 is 24.0 Å². The monoisotopic (exact) mass is 470 g/mol. The van der Waals surface area contributed by atoms with Crippen LogP contribution in [0.2, 0.25) is 0 Å². The van der Waals surface area contributed by atoms with Gasteiger partial charge in [-0.1, -0.05) is 12.2 Å². The Bertz CT molecular complexity index is 702. The molecule has 26 heavy (non-hydrogen) atoms. The van der Waals surface area contributed by atoms with Crippen molar-refractivity contribution in [1.29, 1.82) is 0 Å². The van der Waals surface area contributed by atoms with Gasteiger partial charge in [0, 0.05) is 26.3 Å². The van der Waals surface area contributed by atoms with Crippen molar-refractivity contribution in [2.75, 3.05) is 20.1 Å².